The van der Waals surface area contributed by atoms with E-state index in [0.717, 1.165) is 0 Å². The van der Waals surface area contributed by atoms with Crippen molar-refractivity contribution in [3.63, 3.8) is 0 Å². The fourth-order valence-electron chi connectivity index (χ4n) is 1.72. The number of carboxylic acid groups (broad SMARTS) is 1. The zero-order chi connectivity index (χ0) is 13.3. The topological polar surface area (TPSA) is 77.9 Å². The lowest BCUT2D eigenvalue weighted by atomic mass is 10.1. The Bertz CT molecular complexity index is 489. The van der Waals surface area contributed by atoms with E-state index in [2.05, 4.69) is 9.64 Å². The summed E-state index contributed by atoms with van der Waals surface area (Å²) in [7, 11) is 5.02. The monoisotopic (exact) mass is 249 g/mol. The molecule has 0 aliphatic carbocycles. The van der Waals surface area contributed by atoms with Crippen LogP contribution >= 0.6 is 0 Å². The van der Waals surface area contributed by atoms with Crippen molar-refractivity contribution in [1.82, 2.24) is 4.98 Å². The highest BCUT2D eigenvalue weighted by Crippen LogP contribution is 2.35. The van der Waals surface area contributed by atoms with Crippen molar-refractivity contribution >= 4 is 14.0 Å². The first-order chi connectivity index (χ1) is 8.44. The van der Waals surface area contributed by atoms with Gasteiger partial charge in [-0.15, -0.1) is 0 Å². The Labute approximate surface area is 105 Å². The molecule has 0 spiro atoms. The average molecular weight is 249 g/mol. The summed E-state index contributed by atoms with van der Waals surface area (Å²) in [6.07, 6.45) is 1.40. The second-order valence-corrected chi connectivity index (χ2v) is 4.35. The van der Waals surface area contributed by atoms with Crippen LogP contribution in [0.2, 0.25) is 0 Å². The molecular weight excluding hydrogens is 237 g/mol. The number of pyridine rings is 1. The highest BCUT2D eigenvalue weighted by molar-refractivity contribution is 5.97. The smallest absolute Gasteiger partial charge is 0.358 e. The molecule has 2 radical (unpaired) electrons. The third kappa shape index (κ3) is 2.32. The number of carbonyl (C=O) groups is 1. The van der Waals surface area contributed by atoms with E-state index < -0.39 is 11.8 Å². The molecule has 1 aliphatic heterocycles. The summed E-state index contributed by atoms with van der Waals surface area (Å²) in [4.78, 5) is 15.0. The number of hydrogen-bond acceptors (Lipinski definition) is 5. The predicted molar refractivity (Wildman–Crippen MR) is 61.2 cm³/mol. The van der Waals surface area contributed by atoms with Crippen LogP contribution in [0.5, 0.6) is 5.75 Å². The first-order valence-corrected chi connectivity index (χ1v) is 5.33. The van der Waals surface area contributed by atoms with E-state index in [0.29, 0.717) is 11.1 Å². The van der Waals surface area contributed by atoms with E-state index in [1.165, 1.54) is 6.20 Å². The number of nitrogens with zero attached hydrogens (tertiary/aromatic N) is 1. The summed E-state index contributed by atoms with van der Waals surface area (Å²) < 4.78 is 15.6. The van der Waals surface area contributed by atoms with Crippen LogP contribution < -0.4 is 4.74 Å². The predicted octanol–water partition coefficient (Wildman–Crippen LogP) is 1.02. The quantitative estimate of drug-likeness (QED) is 0.806. The van der Waals surface area contributed by atoms with Crippen molar-refractivity contribution in [3.05, 3.63) is 23.0 Å². The Balaban J connectivity index is 2.53. The third-order valence-electron chi connectivity index (χ3n) is 2.58. The van der Waals surface area contributed by atoms with Crippen molar-refractivity contribution < 1.29 is 24.0 Å². The molecule has 1 aliphatic rings. The minimum atomic E-state index is -1.15. The van der Waals surface area contributed by atoms with Crippen molar-refractivity contribution in [2.45, 2.75) is 32.8 Å². The molecule has 2 rings (SSSR count). The van der Waals surface area contributed by atoms with Gasteiger partial charge in [0.15, 0.2) is 11.4 Å². The molecule has 2 heterocycles. The Morgan fingerprint density at radius 2 is 2.39 bits per heavy atom. The van der Waals surface area contributed by atoms with E-state index in [4.69, 9.17) is 22.6 Å². The molecular formula is C11H12BNO5. The number of carboxylic acids is 1. The summed E-state index contributed by atoms with van der Waals surface area (Å²) in [5.41, 5.74) is 1.11. The van der Waals surface area contributed by atoms with Gasteiger partial charge in [0, 0.05) is 31.2 Å². The van der Waals surface area contributed by atoms with Gasteiger partial charge in [-0.25, -0.2) is 9.78 Å². The van der Waals surface area contributed by atoms with Gasteiger partial charge in [-0.2, -0.15) is 0 Å². The molecule has 0 saturated heterocycles. The van der Waals surface area contributed by atoms with Gasteiger partial charge in [0.2, 0.25) is 5.79 Å². The second-order valence-electron chi connectivity index (χ2n) is 4.35. The first kappa shape index (κ1) is 12.9. The number of rotatable bonds is 3. The van der Waals surface area contributed by atoms with Crippen LogP contribution in [-0.2, 0) is 22.6 Å². The molecule has 1 aromatic heterocycles. The van der Waals surface area contributed by atoms with Crippen LogP contribution in [0.15, 0.2) is 6.20 Å². The maximum atomic E-state index is 11.1. The molecule has 0 unspecified atom stereocenters. The van der Waals surface area contributed by atoms with Crippen molar-refractivity contribution in [1.29, 1.82) is 0 Å². The standard InChI is InChI=1S/C11H12BNO5/c1-11(2)16-5-7-6(4-17-12)3-13-8(10(14)15)9(7)18-11/h3H,4-5H2,1-2H3,(H,14,15). The van der Waals surface area contributed by atoms with E-state index in [1.807, 2.05) is 0 Å². The molecule has 0 bridgehead atoms. The lowest BCUT2D eigenvalue weighted by molar-refractivity contribution is -0.180. The van der Waals surface area contributed by atoms with Gasteiger partial charge in [-0.05, 0) is 0 Å². The molecule has 0 saturated carbocycles. The van der Waals surface area contributed by atoms with Gasteiger partial charge in [0.25, 0.3) is 8.05 Å². The molecule has 0 amide bonds. The van der Waals surface area contributed by atoms with Crippen molar-refractivity contribution in [2.24, 2.45) is 0 Å². The summed E-state index contributed by atoms with van der Waals surface area (Å²) >= 11 is 0. The maximum Gasteiger partial charge on any atom is 0.358 e. The van der Waals surface area contributed by atoms with E-state index in [9.17, 15) is 4.79 Å². The van der Waals surface area contributed by atoms with Gasteiger partial charge >= 0.3 is 5.97 Å². The molecule has 1 N–H and O–H groups in total. The third-order valence-corrected chi connectivity index (χ3v) is 2.58. The summed E-state index contributed by atoms with van der Waals surface area (Å²) in [5, 5.41) is 9.09. The highest BCUT2D eigenvalue weighted by Gasteiger charge is 2.33. The second kappa shape index (κ2) is 4.58. The minimum absolute atomic E-state index is 0.113. The van der Waals surface area contributed by atoms with Gasteiger partial charge in [-0.3, -0.25) is 0 Å². The van der Waals surface area contributed by atoms with Gasteiger partial charge in [0.05, 0.1) is 13.2 Å². The first-order valence-electron chi connectivity index (χ1n) is 5.33. The number of aromatic nitrogens is 1. The number of ether oxygens (including phenoxy) is 2. The molecule has 0 aromatic carbocycles. The fraction of sp³-hybridized carbons (Fsp3) is 0.455. The van der Waals surface area contributed by atoms with Crippen molar-refractivity contribution in [2.75, 3.05) is 0 Å². The fourth-order valence-corrected chi connectivity index (χ4v) is 1.72. The summed E-state index contributed by atoms with van der Waals surface area (Å²) in [6.45, 7) is 3.74. The SMILES string of the molecule is [B]OCc1cnc(C(=O)O)c2c1COC(C)(C)O2. The van der Waals surface area contributed by atoms with Crippen molar-refractivity contribution in [3.8, 4) is 5.75 Å². The normalized spacial score (nSPS) is 16.8. The van der Waals surface area contributed by atoms with Crippen LogP contribution in [0.4, 0.5) is 0 Å². The van der Waals surface area contributed by atoms with E-state index in [-0.39, 0.29) is 24.7 Å². The summed E-state index contributed by atoms with van der Waals surface area (Å²) in [5.74, 6) is -1.82. The van der Waals surface area contributed by atoms with Gasteiger partial charge < -0.3 is 19.2 Å². The van der Waals surface area contributed by atoms with Crippen LogP contribution in [0.1, 0.15) is 35.5 Å². The number of aromatic carboxylic acids is 1. The molecule has 6 nitrogen and oxygen atoms in total. The molecule has 94 valence electrons. The number of fused-ring (bicyclic) bond motifs is 1. The van der Waals surface area contributed by atoms with Gasteiger partial charge in [0.1, 0.15) is 0 Å². The molecule has 18 heavy (non-hydrogen) atoms. The molecule has 1 aromatic rings. The van der Waals surface area contributed by atoms with E-state index in [1.54, 1.807) is 13.8 Å². The largest absolute Gasteiger partial charge is 0.476 e. The zero-order valence-electron chi connectivity index (χ0n) is 10.1. The average Bonchev–Trinajstić information content (AvgIpc) is 2.27. The Morgan fingerprint density at radius 1 is 1.67 bits per heavy atom. The Hall–Kier alpha value is -1.60. The van der Waals surface area contributed by atoms with Crippen LogP contribution in [0.25, 0.3) is 0 Å². The van der Waals surface area contributed by atoms with Gasteiger partial charge in [-0.1, -0.05) is 0 Å². The van der Waals surface area contributed by atoms with Crippen LogP contribution in [0, 0.1) is 0 Å². The lowest BCUT2D eigenvalue weighted by Crippen LogP contribution is -2.37. The molecule has 7 heteroatoms. The molecule has 0 atom stereocenters. The van der Waals surface area contributed by atoms with E-state index >= 15 is 0 Å². The Morgan fingerprint density at radius 3 is 3.00 bits per heavy atom. The summed E-state index contributed by atoms with van der Waals surface area (Å²) in [6, 6.07) is 0. The lowest BCUT2D eigenvalue weighted by Gasteiger charge is -2.33. The number of hydrogen-bond donors (Lipinski definition) is 1. The zero-order valence-corrected chi connectivity index (χ0v) is 10.1. The highest BCUT2D eigenvalue weighted by atomic mass is 16.7. The minimum Gasteiger partial charge on any atom is -0.476 e. The van der Waals surface area contributed by atoms with Crippen LogP contribution in [0.3, 0.4) is 0 Å². The maximum absolute atomic E-state index is 11.1. The molecule has 0 fully saturated rings. The Kier molecular flexibility index (Phi) is 3.27. The van der Waals surface area contributed by atoms with Crippen LogP contribution in [-0.4, -0.2) is 29.9 Å².